The van der Waals surface area contributed by atoms with Gasteiger partial charge in [-0.3, -0.25) is 14.2 Å². The van der Waals surface area contributed by atoms with Gasteiger partial charge >= 0.3 is 11.9 Å². The van der Waals surface area contributed by atoms with E-state index in [1.165, 1.54) is 225 Å². The van der Waals surface area contributed by atoms with Crippen molar-refractivity contribution in [3.05, 3.63) is 97.2 Å². The van der Waals surface area contributed by atoms with Crippen LogP contribution in [-0.2, 0) is 32.7 Å². The first-order valence-electron chi connectivity index (χ1n) is 38.4. The highest BCUT2D eigenvalue weighted by molar-refractivity contribution is 7.45. The van der Waals surface area contributed by atoms with Crippen molar-refractivity contribution in [1.82, 2.24) is 0 Å². The molecule has 0 aliphatic heterocycles. The predicted molar refractivity (Wildman–Crippen MR) is 392 cm³/mol. The summed E-state index contributed by atoms with van der Waals surface area (Å²) in [7, 11) is 1.15. The van der Waals surface area contributed by atoms with Crippen molar-refractivity contribution in [3.8, 4) is 0 Å². The van der Waals surface area contributed by atoms with Crippen LogP contribution in [0, 0.1) is 0 Å². The van der Waals surface area contributed by atoms with Crippen LogP contribution in [0.1, 0.15) is 354 Å². The number of allylic oxidation sites excluding steroid dienone is 16. The maximum Gasteiger partial charge on any atom is 0.306 e. The maximum absolute atomic E-state index is 12.9. The molecule has 0 aromatic rings. The highest BCUT2D eigenvalue weighted by Crippen LogP contribution is 2.38. The van der Waals surface area contributed by atoms with E-state index in [2.05, 4.69) is 111 Å². The molecule has 10 heteroatoms. The summed E-state index contributed by atoms with van der Waals surface area (Å²) in [5.74, 6) is -0.855. The topological polar surface area (TPSA) is 111 Å². The molecular weight excluding hydrogens is 1150 g/mol. The third-order valence-electron chi connectivity index (χ3n) is 16.9. The van der Waals surface area contributed by atoms with E-state index < -0.39 is 26.5 Å². The predicted octanol–water partition coefficient (Wildman–Crippen LogP) is 24.8. The van der Waals surface area contributed by atoms with Gasteiger partial charge in [0.05, 0.1) is 27.7 Å². The van der Waals surface area contributed by atoms with E-state index in [-0.39, 0.29) is 32.0 Å². The molecule has 0 amide bonds. The Bertz CT molecular complexity index is 1860. The van der Waals surface area contributed by atoms with E-state index in [4.69, 9.17) is 18.5 Å². The van der Waals surface area contributed by atoms with Gasteiger partial charge in [-0.2, -0.15) is 0 Å². The number of carbonyl (C=O) groups excluding carboxylic acids is 2. The largest absolute Gasteiger partial charge is 0.756 e. The summed E-state index contributed by atoms with van der Waals surface area (Å²) in [4.78, 5) is 38.1. The fourth-order valence-corrected chi connectivity index (χ4v) is 11.8. The van der Waals surface area contributed by atoms with Crippen LogP contribution in [-0.4, -0.2) is 70.0 Å². The number of quaternary nitrogens is 1. The molecule has 0 aliphatic carbocycles. The molecule has 0 rings (SSSR count). The van der Waals surface area contributed by atoms with Crippen molar-refractivity contribution < 1.29 is 42.1 Å². The number of nitrogens with zero attached hydrogens (tertiary/aromatic N) is 1. The lowest BCUT2D eigenvalue weighted by molar-refractivity contribution is -0.870. The Balaban J connectivity index is 4.00. The molecule has 0 fully saturated rings. The van der Waals surface area contributed by atoms with Crippen LogP contribution >= 0.6 is 7.82 Å². The molecule has 91 heavy (non-hydrogen) atoms. The number of phosphoric acid groups is 1. The molecule has 2 unspecified atom stereocenters. The summed E-state index contributed by atoms with van der Waals surface area (Å²) in [6, 6.07) is 0. The lowest BCUT2D eigenvalue weighted by Crippen LogP contribution is -2.37. The van der Waals surface area contributed by atoms with E-state index in [0.29, 0.717) is 17.4 Å². The molecule has 0 saturated carbocycles. The molecule has 0 aromatic carbocycles. The van der Waals surface area contributed by atoms with Gasteiger partial charge in [-0.1, -0.05) is 361 Å². The summed E-state index contributed by atoms with van der Waals surface area (Å²) in [5, 5.41) is 0. The molecule has 0 aromatic heterocycles. The van der Waals surface area contributed by atoms with Crippen LogP contribution in [0.4, 0.5) is 0 Å². The van der Waals surface area contributed by atoms with Gasteiger partial charge in [0.25, 0.3) is 7.82 Å². The van der Waals surface area contributed by atoms with Crippen LogP contribution < -0.4 is 4.89 Å². The van der Waals surface area contributed by atoms with E-state index in [9.17, 15) is 19.0 Å². The van der Waals surface area contributed by atoms with Gasteiger partial charge in [-0.15, -0.1) is 0 Å². The third kappa shape index (κ3) is 75.8. The lowest BCUT2D eigenvalue weighted by atomic mass is 10.0. The first kappa shape index (κ1) is 87.9. The summed E-state index contributed by atoms with van der Waals surface area (Å²) in [6.45, 7) is 4.14. The van der Waals surface area contributed by atoms with Gasteiger partial charge in [0.1, 0.15) is 19.8 Å². The molecular formula is C81H146NO8P. The zero-order valence-electron chi connectivity index (χ0n) is 60.3. The molecule has 0 spiro atoms. The molecule has 0 aliphatic rings. The number of hydrogen-bond acceptors (Lipinski definition) is 8. The number of rotatable bonds is 71. The average Bonchev–Trinajstić information content (AvgIpc) is 3.74. The zero-order valence-corrected chi connectivity index (χ0v) is 61.2. The monoisotopic (exact) mass is 1290 g/mol. The minimum atomic E-state index is -4.66. The summed E-state index contributed by atoms with van der Waals surface area (Å²) in [6.07, 6.45) is 99.6. The quantitative estimate of drug-likeness (QED) is 0.0195. The molecule has 0 saturated heterocycles. The third-order valence-corrected chi connectivity index (χ3v) is 17.8. The van der Waals surface area contributed by atoms with E-state index in [1.54, 1.807) is 0 Å². The molecule has 0 bridgehead atoms. The van der Waals surface area contributed by atoms with Crippen molar-refractivity contribution in [1.29, 1.82) is 0 Å². The van der Waals surface area contributed by atoms with Crippen LogP contribution in [0.25, 0.3) is 0 Å². The van der Waals surface area contributed by atoms with Gasteiger partial charge in [0, 0.05) is 12.8 Å². The van der Waals surface area contributed by atoms with Crippen LogP contribution in [0.5, 0.6) is 0 Å². The van der Waals surface area contributed by atoms with Crippen molar-refractivity contribution >= 4 is 19.8 Å². The summed E-state index contributed by atoms with van der Waals surface area (Å²) in [5.41, 5.74) is 0. The van der Waals surface area contributed by atoms with Crippen LogP contribution in [0.2, 0.25) is 0 Å². The second-order valence-corrected chi connectivity index (χ2v) is 28.4. The fraction of sp³-hybridized carbons (Fsp3) is 0.778. The number of likely N-dealkylation sites (N-methyl/N-ethyl adjacent to an activating group) is 1. The second-order valence-electron chi connectivity index (χ2n) is 27.0. The molecule has 528 valence electrons. The Morgan fingerprint density at radius 2 is 0.626 bits per heavy atom. The van der Waals surface area contributed by atoms with Gasteiger partial charge in [0.15, 0.2) is 6.10 Å². The Morgan fingerprint density at radius 1 is 0.352 bits per heavy atom. The minimum absolute atomic E-state index is 0.0396. The molecule has 2 atom stereocenters. The Labute approximate surface area is 564 Å². The number of unbranched alkanes of at least 4 members (excludes halogenated alkanes) is 41. The van der Waals surface area contributed by atoms with E-state index >= 15 is 0 Å². The fourth-order valence-electron chi connectivity index (χ4n) is 11.0. The van der Waals surface area contributed by atoms with E-state index in [1.807, 2.05) is 21.1 Å². The smallest absolute Gasteiger partial charge is 0.306 e. The Morgan fingerprint density at radius 3 is 0.934 bits per heavy atom. The standard InChI is InChI=1S/C81H146NO8P/c1-6-8-10-12-14-16-18-20-22-24-26-28-30-32-34-36-37-38-39-40-41-42-43-44-46-47-49-51-53-55-57-59-61-63-65-67-69-71-73-80(83)87-77-79(78-89-91(85,86)88-76-75-82(3,4)5)90-81(84)74-72-70-68-66-64-62-60-58-56-54-52-50-48-45-35-33-31-29-27-25-23-21-19-17-15-13-11-9-7-2/h9,11,15,17,21,23,27,29,33,35,48,50,54,56,60,62,79H,6-8,10,12-14,16,18-20,22,24-26,28,30-32,34,36-47,49,51-53,55,57-59,61,63-78H2,1-5H3/b11-9-,17-15-,23-21-,29-27-,35-33-,50-48-,56-54-,62-60-. The molecule has 0 heterocycles. The number of phosphoric ester groups is 1. The van der Waals surface area contributed by atoms with E-state index in [0.717, 1.165) is 96.3 Å². The molecule has 9 nitrogen and oxygen atoms in total. The zero-order chi connectivity index (χ0) is 66.2. The van der Waals surface area contributed by atoms with Gasteiger partial charge in [0.2, 0.25) is 0 Å². The van der Waals surface area contributed by atoms with Crippen molar-refractivity contribution in [2.75, 3.05) is 47.5 Å². The van der Waals surface area contributed by atoms with Gasteiger partial charge < -0.3 is 27.9 Å². The normalized spacial score (nSPS) is 13.6. The number of carbonyl (C=O) groups is 2. The van der Waals surface area contributed by atoms with Crippen LogP contribution in [0.3, 0.4) is 0 Å². The summed E-state index contributed by atoms with van der Waals surface area (Å²) >= 11 is 0. The Hall–Kier alpha value is -3.07. The maximum atomic E-state index is 12.9. The molecule has 0 N–H and O–H groups in total. The Kier molecular flexibility index (Phi) is 68.8. The first-order chi connectivity index (χ1) is 44.5. The molecule has 0 radical (unpaired) electrons. The highest BCUT2D eigenvalue weighted by atomic mass is 31.2. The number of esters is 2. The van der Waals surface area contributed by atoms with Crippen molar-refractivity contribution in [2.45, 2.75) is 360 Å². The SMILES string of the molecule is CC/C=C\C/C=C\C/C=C\C/C=C\C/C=C\C/C=C\C/C=C\C/C=C\CCCCCCC(=O)OC(COC(=O)CCCCCCCCCCCCCCCCCCCCCCCCCCCCCCCCCCCCCCCC)COP(=O)([O-])OCC[N+](C)(C)C. The first-order valence-corrected chi connectivity index (χ1v) is 39.9. The summed E-state index contributed by atoms with van der Waals surface area (Å²) < 4.78 is 34.3. The average molecular weight is 1290 g/mol. The minimum Gasteiger partial charge on any atom is -0.756 e. The number of hydrogen-bond donors (Lipinski definition) is 0. The van der Waals surface area contributed by atoms with Crippen molar-refractivity contribution in [2.24, 2.45) is 0 Å². The lowest BCUT2D eigenvalue weighted by Gasteiger charge is -2.28. The van der Waals surface area contributed by atoms with Crippen LogP contribution in [0.15, 0.2) is 97.2 Å². The highest BCUT2D eigenvalue weighted by Gasteiger charge is 2.22. The van der Waals surface area contributed by atoms with Crippen molar-refractivity contribution in [3.63, 3.8) is 0 Å². The van der Waals surface area contributed by atoms with Gasteiger partial charge in [-0.05, 0) is 77.0 Å². The number of ether oxygens (including phenoxy) is 2. The second kappa shape index (κ2) is 71.2. The van der Waals surface area contributed by atoms with Gasteiger partial charge in [-0.25, -0.2) is 0 Å².